The maximum atomic E-state index is 12.1. The van der Waals surface area contributed by atoms with E-state index in [0.717, 1.165) is 0 Å². The smallest absolute Gasteiger partial charge is 0.318 e. The van der Waals surface area contributed by atoms with Crippen LogP contribution in [0.25, 0.3) is 0 Å². The minimum atomic E-state index is -0.962. The van der Waals surface area contributed by atoms with E-state index in [1.807, 2.05) is 13.8 Å². The van der Waals surface area contributed by atoms with Crippen LogP contribution >= 0.6 is 0 Å². The average Bonchev–Trinajstić information content (AvgIpc) is 2.33. The number of likely N-dealkylation sites (N-methyl/N-ethyl adjacent to an activating group) is 2. The largest absolute Gasteiger partial charge is 0.481 e. The summed E-state index contributed by atoms with van der Waals surface area (Å²) < 4.78 is 0. The van der Waals surface area contributed by atoms with Crippen LogP contribution in [0.3, 0.4) is 0 Å². The van der Waals surface area contributed by atoms with E-state index in [0.29, 0.717) is 6.54 Å². The van der Waals surface area contributed by atoms with Crippen molar-refractivity contribution in [2.75, 3.05) is 27.2 Å². The van der Waals surface area contributed by atoms with Gasteiger partial charge in [0, 0.05) is 26.7 Å². The highest BCUT2D eigenvalue weighted by molar-refractivity contribution is 5.84. The Morgan fingerprint density at radius 2 is 1.75 bits per heavy atom. The zero-order valence-corrected chi connectivity index (χ0v) is 12.8. The minimum Gasteiger partial charge on any atom is -0.481 e. The first-order chi connectivity index (χ1) is 9.18. The van der Waals surface area contributed by atoms with Crippen LogP contribution in [-0.4, -0.2) is 66.0 Å². The number of nitrogens with zero attached hydrogens (tertiary/aromatic N) is 2. The van der Waals surface area contributed by atoms with Gasteiger partial charge in [-0.3, -0.25) is 9.59 Å². The molecule has 0 rings (SSSR count). The Kier molecular flexibility index (Phi) is 7.64. The van der Waals surface area contributed by atoms with Crippen LogP contribution in [0.2, 0.25) is 0 Å². The molecule has 1 unspecified atom stereocenters. The van der Waals surface area contributed by atoms with E-state index in [1.54, 1.807) is 21.0 Å². The molecule has 1 atom stereocenters. The molecule has 0 spiro atoms. The van der Waals surface area contributed by atoms with Crippen molar-refractivity contribution in [3.8, 4) is 0 Å². The first kappa shape index (κ1) is 18.2. The fourth-order valence-corrected chi connectivity index (χ4v) is 1.52. The Morgan fingerprint density at radius 3 is 2.10 bits per heavy atom. The molecule has 0 aromatic heterocycles. The number of nitrogens with one attached hydrogen (secondary N) is 1. The molecule has 0 fully saturated rings. The van der Waals surface area contributed by atoms with Crippen molar-refractivity contribution < 1.29 is 19.5 Å². The zero-order valence-electron chi connectivity index (χ0n) is 12.8. The molecule has 0 saturated heterocycles. The lowest BCUT2D eigenvalue weighted by Crippen LogP contribution is -2.50. The van der Waals surface area contributed by atoms with Crippen molar-refractivity contribution in [1.29, 1.82) is 0 Å². The molecule has 0 radical (unpaired) electrons. The number of rotatable bonds is 7. The number of hydrogen-bond donors (Lipinski definition) is 2. The number of carbonyl (C=O) groups excluding carboxylic acids is 2. The van der Waals surface area contributed by atoms with Gasteiger partial charge in [0.05, 0.1) is 6.42 Å². The number of hydrogen-bond acceptors (Lipinski definition) is 3. The molecule has 7 nitrogen and oxygen atoms in total. The van der Waals surface area contributed by atoms with Crippen molar-refractivity contribution in [3.63, 3.8) is 0 Å². The molecule has 116 valence electrons. The van der Waals surface area contributed by atoms with E-state index < -0.39 is 18.0 Å². The maximum absolute atomic E-state index is 12.1. The van der Waals surface area contributed by atoms with Crippen molar-refractivity contribution in [3.05, 3.63) is 0 Å². The predicted molar refractivity (Wildman–Crippen MR) is 75.4 cm³/mol. The van der Waals surface area contributed by atoms with Gasteiger partial charge in [-0.15, -0.1) is 0 Å². The number of aliphatic carboxylic acids is 1. The van der Waals surface area contributed by atoms with Crippen LogP contribution in [0.1, 0.15) is 27.2 Å². The molecule has 0 aliphatic heterocycles. The summed E-state index contributed by atoms with van der Waals surface area (Å²) in [5.74, 6) is -1.14. The highest BCUT2D eigenvalue weighted by Crippen LogP contribution is 2.07. The topological polar surface area (TPSA) is 90.0 Å². The van der Waals surface area contributed by atoms with E-state index in [9.17, 15) is 14.4 Å². The monoisotopic (exact) mass is 287 g/mol. The quantitative estimate of drug-likeness (QED) is 0.717. The van der Waals surface area contributed by atoms with E-state index in [-0.39, 0.29) is 24.8 Å². The second-order valence-corrected chi connectivity index (χ2v) is 5.20. The molecule has 0 aliphatic rings. The molecular weight excluding hydrogens is 262 g/mol. The minimum absolute atomic E-state index is 0.00157. The SMILES string of the molecule is CCN(CC(=O)N(C)C)C(=O)NC(CC(=O)O)C(C)C. The Bertz CT molecular complexity index is 356. The van der Waals surface area contributed by atoms with Crippen LogP contribution in [0.5, 0.6) is 0 Å². The Labute approximate surface area is 119 Å². The van der Waals surface area contributed by atoms with Gasteiger partial charge >= 0.3 is 12.0 Å². The average molecular weight is 287 g/mol. The maximum Gasteiger partial charge on any atom is 0.318 e. The first-order valence-electron chi connectivity index (χ1n) is 6.66. The van der Waals surface area contributed by atoms with Crippen LogP contribution in [0.15, 0.2) is 0 Å². The van der Waals surface area contributed by atoms with E-state index in [2.05, 4.69) is 5.32 Å². The van der Waals surface area contributed by atoms with Gasteiger partial charge in [0.1, 0.15) is 6.54 Å². The van der Waals surface area contributed by atoms with Gasteiger partial charge in [-0.1, -0.05) is 13.8 Å². The van der Waals surface area contributed by atoms with Crippen molar-refractivity contribution in [1.82, 2.24) is 15.1 Å². The number of urea groups is 1. The standard InChI is InChI=1S/C13H25N3O4/c1-6-16(8-11(17)15(4)5)13(20)14-10(9(2)3)7-12(18)19/h9-10H,6-8H2,1-5H3,(H,14,20)(H,18,19). The second-order valence-electron chi connectivity index (χ2n) is 5.20. The molecule has 3 amide bonds. The first-order valence-corrected chi connectivity index (χ1v) is 6.66. The summed E-state index contributed by atoms with van der Waals surface area (Å²) in [7, 11) is 3.24. The van der Waals surface area contributed by atoms with Gasteiger partial charge in [-0.05, 0) is 12.8 Å². The van der Waals surface area contributed by atoms with Crippen LogP contribution in [-0.2, 0) is 9.59 Å². The van der Waals surface area contributed by atoms with Crippen molar-refractivity contribution in [2.45, 2.75) is 33.2 Å². The van der Waals surface area contributed by atoms with Crippen molar-refractivity contribution in [2.24, 2.45) is 5.92 Å². The Balaban J connectivity index is 4.66. The molecule has 2 N–H and O–H groups in total. The number of carbonyl (C=O) groups is 3. The molecule has 0 saturated carbocycles. The molecule has 7 heteroatoms. The van der Waals surface area contributed by atoms with Gasteiger partial charge in [0.2, 0.25) is 5.91 Å². The highest BCUT2D eigenvalue weighted by Gasteiger charge is 2.23. The van der Waals surface area contributed by atoms with Gasteiger partial charge in [-0.2, -0.15) is 0 Å². The van der Waals surface area contributed by atoms with Crippen molar-refractivity contribution >= 4 is 17.9 Å². The normalized spacial score (nSPS) is 11.9. The molecule has 0 aromatic rings. The molecule has 0 bridgehead atoms. The summed E-state index contributed by atoms with van der Waals surface area (Å²) in [5, 5.41) is 11.5. The molecule has 20 heavy (non-hydrogen) atoms. The summed E-state index contributed by atoms with van der Waals surface area (Å²) in [4.78, 5) is 37.3. The van der Waals surface area contributed by atoms with Gasteiger partial charge in [0.25, 0.3) is 0 Å². The Morgan fingerprint density at radius 1 is 1.20 bits per heavy atom. The third-order valence-corrected chi connectivity index (χ3v) is 3.00. The number of carboxylic acid groups (broad SMARTS) is 1. The fraction of sp³-hybridized carbons (Fsp3) is 0.769. The predicted octanol–water partition coefficient (Wildman–Crippen LogP) is 0.605. The summed E-state index contributed by atoms with van der Waals surface area (Å²) in [5.41, 5.74) is 0. The third-order valence-electron chi connectivity index (χ3n) is 3.00. The van der Waals surface area contributed by atoms with Crippen LogP contribution < -0.4 is 5.32 Å². The van der Waals surface area contributed by atoms with Gasteiger partial charge in [0.15, 0.2) is 0 Å². The highest BCUT2D eigenvalue weighted by atomic mass is 16.4. The van der Waals surface area contributed by atoms with E-state index >= 15 is 0 Å². The van der Waals surface area contributed by atoms with E-state index in [1.165, 1.54) is 9.80 Å². The molecule has 0 aliphatic carbocycles. The second kappa shape index (κ2) is 8.39. The lowest BCUT2D eigenvalue weighted by Gasteiger charge is -2.27. The Hall–Kier alpha value is -1.79. The van der Waals surface area contributed by atoms with Crippen LogP contribution in [0.4, 0.5) is 4.79 Å². The lowest BCUT2D eigenvalue weighted by molar-refractivity contribution is -0.137. The molecular formula is C13H25N3O4. The summed E-state index contributed by atoms with van der Waals surface area (Å²) >= 11 is 0. The molecule has 0 aromatic carbocycles. The summed E-state index contributed by atoms with van der Waals surface area (Å²) in [6.45, 7) is 5.81. The number of carboxylic acids is 1. The third kappa shape index (κ3) is 6.40. The summed E-state index contributed by atoms with van der Waals surface area (Å²) in [6.07, 6.45) is -0.136. The van der Waals surface area contributed by atoms with Gasteiger partial charge in [-0.25, -0.2) is 4.79 Å². The lowest BCUT2D eigenvalue weighted by atomic mass is 10.0. The zero-order chi connectivity index (χ0) is 15.9. The van der Waals surface area contributed by atoms with Gasteiger partial charge < -0.3 is 20.2 Å². The molecule has 0 heterocycles. The summed E-state index contributed by atoms with van der Waals surface area (Å²) in [6, 6.07) is -0.869. The number of amides is 3. The van der Waals surface area contributed by atoms with E-state index in [4.69, 9.17) is 5.11 Å². The fourth-order valence-electron chi connectivity index (χ4n) is 1.52. The van der Waals surface area contributed by atoms with Crippen LogP contribution in [0, 0.1) is 5.92 Å².